The standard InChI is InChI=1S/C19H26IN3O2/c20-17-8-4-3-7-16(17)19(25)23-13-11-21(12-14-23)15-18(24)22-9-5-1-2-6-10-22/h3-4,7-8H,1-2,5-6,9-15H2. The molecule has 0 unspecified atom stereocenters. The minimum absolute atomic E-state index is 0.100. The zero-order chi connectivity index (χ0) is 17.6. The molecule has 0 spiro atoms. The Morgan fingerprint density at radius 1 is 0.840 bits per heavy atom. The number of likely N-dealkylation sites (tertiary alicyclic amines) is 1. The highest BCUT2D eigenvalue weighted by atomic mass is 127. The van der Waals surface area contributed by atoms with Gasteiger partial charge in [0.2, 0.25) is 5.91 Å². The first-order chi connectivity index (χ1) is 12.1. The Morgan fingerprint density at radius 3 is 2.12 bits per heavy atom. The van der Waals surface area contributed by atoms with Crippen LogP contribution < -0.4 is 0 Å². The molecule has 0 saturated carbocycles. The molecule has 2 saturated heterocycles. The molecule has 25 heavy (non-hydrogen) atoms. The molecule has 2 aliphatic heterocycles. The third-order valence-corrected chi connectivity index (χ3v) is 6.02. The summed E-state index contributed by atoms with van der Waals surface area (Å²) in [6.07, 6.45) is 4.74. The van der Waals surface area contributed by atoms with E-state index in [2.05, 4.69) is 27.5 Å². The minimum atomic E-state index is 0.100. The molecule has 6 heteroatoms. The number of nitrogens with zero attached hydrogens (tertiary/aromatic N) is 3. The average Bonchev–Trinajstić information content (AvgIpc) is 2.92. The monoisotopic (exact) mass is 455 g/mol. The largest absolute Gasteiger partial charge is 0.342 e. The second kappa shape index (κ2) is 8.98. The maximum atomic E-state index is 12.7. The summed E-state index contributed by atoms with van der Waals surface area (Å²) >= 11 is 2.21. The van der Waals surface area contributed by atoms with Gasteiger partial charge in [0.25, 0.3) is 5.91 Å². The van der Waals surface area contributed by atoms with E-state index in [0.29, 0.717) is 19.6 Å². The number of hydrogen-bond acceptors (Lipinski definition) is 3. The molecule has 2 aliphatic rings. The summed E-state index contributed by atoms with van der Waals surface area (Å²) < 4.78 is 0.990. The first-order valence-electron chi connectivity index (χ1n) is 9.19. The summed E-state index contributed by atoms with van der Waals surface area (Å²) in [5, 5.41) is 0. The summed E-state index contributed by atoms with van der Waals surface area (Å²) in [6.45, 7) is 5.23. The third-order valence-electron chi connectivity index (χ3n) is 5.08. The predicted octanol–water partition coefficient (Wildman–Crippen LogP) is 2.45. The van der Waals surface area contributed by atoms with Gasteiger partial charge in [-0.2, -0.15) is 0 Å². The highest BCUT2D eigenvalue weighted by molar-refractivity contribution is 14.1. The number of benzene rings is 1. The van der Waals surface area contributed by atoms with Crippen LogP contribution in [0.3, 0.4) is 0 Å². The smallest absolute Gasteiger partial charge is 0.255 e. The number of piperazine rings is 1. The molecule has 2 heterocycles. The van der Waals surface area contributed by atoms with Gasteiger partial charge >= 0.3 is 0 Å². The van der Waals surface area contributed by atoms with E-state index in [0.717, 1.165) is 48.2 Å². The zero-order valence-electron chi connectivity index (χ0n) is 14.6. The normalized spacial score (nSPS) is 19.6. The van der Waals surface area contributed by atoms with Crippen molar-refractivity contribution in [1.29, 1.82) is 0 Å². The van der Waals surface area contributed by atoms with E-state index in [1.54, 1.807) is 0 Å². The maximum Gasteiger partial charge on any atom is 0.255 e. The van der Waals surface area contributed by atoms with Crippen molar-refractivity contribution in [3.8, 4) is 0 Å². The molecule has 3 rings (SSSR count). The Labute approximate surface area is 163 Å². The lowest BCUT2D eigenvalue weighted by molar-refractivity contribution is -0.132. The second-order valence-corrected chi connectivity index (χ2v) is 8.01. The van der Waals surface area contributed by atoms with Gasteiger partial charge < -0.3 is 9.80 Å². The van der Waals surface area contributed by atoms with Crippen molar-refractivity contribution in [2.45, 2.75) is 25.7 Å². The number of amides is 2. The predicted molar refractivity (Wildman–Crippen MR) is 107 cm³/mol. The van der Waals surface area contributed by atoms with E-state index in [1.165, 1.54) is 12.8 Å². The fraction of sp³-hybridized carbons (Fsp3) is 0.579. The van der Waals surface area contributed by atoms with Crippen molar-refractivity contribution in [2.24, 2.45) is 0 Å². The summed E-state index contributed by atoms with van der Waals surface area (Å²) in [4.78, 5) is 31.3. The third kappa shape index (κ3) is 4.94. The van der Waals surface area contributed by atoms with Gasteiger partial charge in [0, 0.05) is 42.8 Å². The molecule has 1 aromatic rings. The zero-order valence-corrected chi connectivity index (χ0v) is 16.8. The molecule has 0 aromatic heterocycles. The number of carbonyl (C=O) groups excluding carboxylic acids is 2. The van der Waals surface area contributed by atoms with Crippen LogP contribution in [0.15, 0.2) is 24.3 Å². The Morgan fingerprint density at radius 2 is 1.48 bits per heavy atom. The molecular formula is C19H26IN3O2. The highest BCUT2D eigenvalue weighted by Gasteiger charge is 2.25. The molecule has 2 fully saturated rings. The second-order valence-electron chi connectivity index (χ2n) is 6.84. The van der Waals surface area contributed by atoms with Gasteiger partial charge in [0.1, 0.15) is 0 Å². The number of halogens is 1. The van der Waals surface area contributed by atoms with Crippen molar-refractivity contribution in [1.82, 2.24) is 14.7 Å². The first kappa shape index (κ1) is 18.6. The van der Waals surface area contributed by atoms with Crippen molar-refractivity contribution < 1.29 is 9.59 Å². The Bertz CT molecular complexity index is 606. The molecular weight excluding hydrogens is 429 g/mol. The van der Waals surface area contributed by atoms with Crippen molar-refractivity contribution >= 4 is 34.4 Å². The lowest BCUT2D eigenvalue weighted by Crippen LogP contribution is -2.51. The topological polar surface area (TPSA) is 43.9 Å². The van der Waals surface area contributed by atoms with Crippen LogP contribution in [0.1, 0.15) is 36.0 Å². The van der Waals surface area contributed by atoms with Crippen LogP contribution in [-0.4, -0.2) is 72.3 Å². The van der Waals surface area contributed by atoms with E-state index in [9.17, 15) is 9.59 Å². The molecule has 0 radical (unpaired) electrons. The lowest BCUT2D eigenvalue weighted by atomic mass is 10.2. The Hall–Kier alpha value is -1.15. The average molecular weight is 455 g/mol. The molecule has 5 nitrogen and oxygen atoms in total. The van der Waals surface area contributed by atoms with Crippen LogP contribution in [0, 0.1) is 3.57 Å². The number of carbonyl (C=O) groups is 2. The summed E-state index contributed by atoms with van der Waals surface area (Å²) in [6, 6.07) is 7.71. The van der Waals surface area contributed by atoms with Crippen LogP contribution in [0.5, 0.6) is 0 Å². The molecule has 0 aliphatic carbocycles. The van der Waals surface area contributed by atoms with Crippen LogP contribution in [0.25, 0.3) is 0 Å². The van der Waals surface area contributed by atoms with Gasteiger partial charge in [-0.1, -0.05) is 25.0 Å². The maximum absolute atomic E-state index is 12.7. The van der Waals surface area contributed by atoms with Gasteiger partial charge in [-0.3, -0.25) is 14.5 Å². The van der Waals surface area contributed by atoms with Crippen LogP contribution in [0.4, 0.5) is 0 Å². The molecule has 0 atom stereocenters. The minimum Gasteiger partial charge on any atom is -0.342 e. The van der Waals surface area contributed by atoms with Crippen LogP contribution in [0.2, 0.25) is 0 Å². The lowest BCUT2D eigenvalue weighted by Gasteiger charge is -2.35. The SMILES string of the molecule is O=C(CN1CCN(C(=O)c2ccccc2I)CC1)N1CCCCCC1. The van der Waals surface area contributed by atoms with Crippen molar-refractivity contribution in [3.05, 3.63) is 33.4 Å². The molecule has 1 aromatic carbocycles. The molecule has 2 amide bonds. The van der Waals surface area contributed by atoms with Gasteiger partial charge in [-0.15, -0.1) is 0 Å². The van der Waals surface area contributed by atoms with E-state index >= 15 is 0 Å². The van der Waals surface area contributed by atoms with Crippen LogP contribution >= 0.6 is 22.6 Å². The Balaban J connectivity index is 1.49. The van der Waals surface area contributed by atoms with E-state index in [1.807, 2.05) is 34.1 Å². The summed E-state index contributed by atoms with van der Waals surface area (Å²) in [5.41, 5.74) is 0.775. The van der Waals surface area contributed by atoms with Gasteiger partial charge in [-0.05, 0) is 47.6 Å². The summed E-state index contributed by atoms with van der Waals surface area (Å²) in [7, 11) is 0. The molecule has 136 valence electrons. The van der Waals surface area contributed by atoms with E-state index in [-0.39, 0.29) is 11.8 Å². The quantitative estimate of drug-likeness (QED) is 0.658. The number of rotatable bonds is 3. The first-order valence-corrected chi connectivity index (χ1v) is 10.3. The van der Waals surface area contributed by atoms with Gasteiger partial charge in [0.05, 0.1) is 12.1 Å². The molecule has 0 bridgehead atoms. The number of hydrogen-bond donors (Lipinski definition) is 0. The summed E-state index contributed by atoms with van der Waals surface area (Å²) in [5.74, 6) is 0.350. The van der Waals surface area contributed by atoms with E-state index < -0.39 is 0 Å². The van der Waals surface area contributed by atoms with Crippen molar-refractivity contribution in [2.75, 3.05) is 45.8 Å². The Kier molecular flexibility index (Phi) is 6.70. The van der Waals surface area contributed by atoms with Gasteiger partial charge in [-0.25, -0.2) is 0 Å². The molecule has 0 N–H and O–H groups in total. The van der Waals surface area contributed by atoms with Crippen LogP contribution in [-0.2, 0) is 4.79 Å². The highest BCUT2D eigenvalue weighted by Crippen LogP contribution is 2.16. The van der Waals surface area contributed by atoms with E-state index in [4.69, 9.17) is 0 Å². The fourth-order valence-electron chi connectivity index (χ4n) is 3.53. The van der Waals surface area contributed by atoms with Gasteiger partial charge in [0.15, 0.2) is 0 Å². The van der Waals surface area contributed by atoms with Crippen molar-refractivity contribution in [3.63, 3.8) is 0 Å². The fourth-order valence-corrected chi connectivity index (χ4v) is 4.14.